The first-order chi connectivity index (χ1) is 6.63. The number of hydrogen-bond donors (Lipinski definition) is 1. The zero-order valence-corrected chi connectivity index (χ0v) is 8.50. The molecule has 2 rings (SSSR count). The number of rotatable bonds is 1. The highest BCUT2D eigenvalue weighted by atomic mass is 32.1. The van der Waals surface area contributed by atoms with E-state index in [1.54, 1.807) is 6.07 Å². The summed E-state index contributed by atoms with van der Waals surface area (Å²) in [5.41, 5.74) is 6.24. The van der Waals surface area contributed by atoms with Gasteiger partial charge in [-0.25, -0.2) is 0 Å². The van der Waals surface area contributed by atoms with Crippen molar-refractivity contribution in [3.63, 3.8) is 0 Å². The van der Waals surface area contributed by atoms with Crippen molar-refractivity contribution in [1.82, 2.24) is 0 Å². The fraction of sp³-hybridized carbons (Fsp3) is 0.333. The smallest absolute Gasteiger partial charge is 0.184 e. The van der Waals surface area contributed by atoms with Gasteiger partial charge in [-0.2, -0.15) is 0 Å². The molecule has 0 aromatic carbocycles. The number of likely N-dealkylation sites (N-methyl/N-ethyl adjacent to an activating group) is 1. The normalized spacial score (nSPS) is 20.9. The van der Waals surface area contributed by atoms with Crippen LogP contribution < -0.4 is 10.6 Å². The third-order valence-corrected chi connectivity index (χ3v) is 3.44. The average Bonchev–Trinajstić information content (AvgIpc) is 2.58. The van der Waals surface area contributed by atoms with Crippen LogP contribution in [0.5, 0.6) is 0 Å². The van der Waals surface area contributed by atoms with Crippen LogP contribution in [0.15, 0.2) is 6.07 Å². The second kappa shape index (κ2) is 3.18. The Hall–Kier alpha value is -1.20. The Kier molecular flexibility index (Phi) is 2.13. The van der Waals surface area contributed by atoms with Crippen molar-refractivity contribution in [2.75, 3.05) is 18.5 Å². The number of carbonyl (C=O) groups is 2. The van der Waals surface area contributed by atoms with Gasteiger partial charge in [-0.05, 0) is 6.07 Å². The maximum atomic E-state index is 11.6. The van der Waals surface area contributed by atoms with Gasteiger partial charge in [0.15, 0.2) is 12.1 Å². The van der Waals surface area contributed by atoms with Crippen LogP contribution in [-0.4, -0.2) is 31.7 Å². The first-order valence-corrected chi connectivity index (χ1v) is 5.05. The number of hydrogen-bond acceptors (Lipinski definition) is 5. The highest BCUT2D eigenvalue weighted by molar-refractivity contribution is 7.18. The number of anilines is 1. The molecule has 1 aromatic heterocycles. The molecular formula is C9H10N2O2S. The molecule has 5 heteroatoms. The molecule has 0 fully saturated rings. The number of ketones is 1. The van der Waals surface area contributed by atoms with Crippen molar-refractivity contribution < 1.29 is 9.59 Å². The van der Waals surface area contributed by atoms with Crippen LogP contribution in [0.3, 0.4) is 0 Å². The first-order valence-electron chi connectivity index (χ1n) is 4.23. The maximum absolute atomic E-state index is 11.6. The summed E-state index contributed by atoms with van der Waals surface area (Å²) in [6, 6.07) is 1.15. The number of thiophene rings is 1. The minimum Gasteiger partial charge on any atom is -0.364 e. The Morgan fingerprint density at radius 3 is 3.07 bits per heavy atom. The summed E-state index contributed by atoms with van der Waals surface area (Å²) in [7, 11) is 1.87. The van der Waals surface area contributed by atoms with Crippen molar-refractivity contribution in [2.45, 2.75) is 6.04 Å². The molecule has 0 saturated carbocycles. The van der Waals surface area contributed by atoms with E-state index in [-0.39, 0.29) is 5.78 Å². The molecule has 2 heterocycles. The van der Waals surface area contributed by atoms with Gasteiger partial charge in [-0.15, -0.1) is 11.3 Å². The summed E-state index contributed by atoms with van der Waals surface area (Å²) >= 11 is 1.33. The Morgan fingerprint density at radius 1 is 1.71 bits per heavy atom. The quantitative estimate of drug-likeness (QED) is 0.686. The lowest BCUT2D eigenvalue weighted by atomic mass is 10.0. The van der Waals surface area contributed by atoms with Crippen LogP contribution >= 0.6 is 11.3 Å². The summed E-state index contributed by atoms with van der Waals surface area (Å²) in [5, 5.41) is 0.846. The lowest BCUT2D eigenvalue weighted by molar-refractivity contribution is 0.0959. The Labute approximate surface area is 85.3 Å². The molecule has 0 spiro atoms. The molecular weight excluding hydrogens is 200 g/mol. The van der Waals surface area contributed by atoms with Crippen LogP contribution in [0.4, 0.5) is 5.00 Å². The van der Waals surface area contributed by atoms with E-state index in [4.69, 9.17) is 5.73 Å². The van der Waals surface area contributed by atoms with Gasteiger partial charge in [0.1, 0.15) is 5.00 Å². The monoisotopic (exact) mass is 210 g/mol. The van der Waals surface area contributed by atoms with E-state index in [0.29, 0.717) is 17.0 Å². The molecule has 0 amide bonds. The number of Topliss-reactive ketones (excluding diaryl/α,β-unsaturated/α-hetero) is 1. The molecule has 2 N–H and O–H groups in total. The number of aldehydes is 1. The second-order valence-electron chi connectivity index (χ2n) is 3.34. The van der Waals surface area contributed by atoms with Crippen molar-refractivity contribution in [3.8, 4) is 0 Å². The number of nitrogens with zero attached hydrogens (tertiary/aromatic N) is 1. The first kappa shape index (κ1) is 9.36. The van der Waals surface area contributed by atoms with Gasteiger partial charge < -0.3 is 10.6 Å². The molecule has 1 aliphatic heterocycles. The minimum atomic E-state index is -0.471. The van der Waals surface area contributed by atoms with Crippen LogP contribution in [0, 0.1) is 0 Å². The topological polar surface area (TPSA) is 63.4 Å². The van der Waals surface area contributed by atoms with E-state index < -0.39 is 6.04 Å². The standard InChI is InChI=1S/C9H10N2O2S/c1-11-3-7(10)8(13)6-2-5(4-12)14-9(6)11/h2,4,7H,3,10H2,1H3. The molecule has 0 saturated heterocycles. The lowest BCUT2D eigenvalue weighted by Crippen LogP contribution is -2.45. The van der Waals surface area contributed by atoms with E-state index in [1.165, 1.54) is 11.3 Å². The summed E-state index contributed by atoms with van der Waals surface area (Å²) in [5.74, 6) is -0.0672. The zero-order valence-electron chi connectivity index (χ0n) is 7.69. The Balaban J connectivity index is 2.53. The molecule has 1 aromatic rings. The summed E-state index contributed by atoms with van der Waals surface area (Å²) < 4.78 is 0. The number of carbonyl (C=O) groups excluding carboxylic acids is 2. The van der Waals surface area contributed by atoms with Crippen molar-refractivity contribution in [2.24, 2.45) is 5.73 Å². The van der Waals surface area contributed by atoms with Gasteiger partial charge in [-0.3, -0.25) is 9.59 Å². The maximum Gasteiger partial charge on any atom is 0.184 e. The van der Waals surface area contributed by atoms with E-state index in [0.717, 1.165) is 11.3 Å². The van der Waals surface area contributed by atoms with E-state index in [2.05, 4.69) is 0 Å². The van der Waals surface area contributed by atoms with Crippen molar-refractivity contribution in [3.05, 3.63) is 16.5 Å². The van der Waals surface area contributed by atoms with Crippen LogP contribution in [-0.2, 0) is 0 Å². The molecule has 1 aliphatic rings. The highest BCUT2D eigenvalue weighted by Gasteiger charge is 2.29. The molecule has 0 bridgehead atoms. The molecule has 14 heavy (non-hydrogen) atoms. The fourth-order valence-electron chi connectivity index (χ4n) is 1.58. The summed E-state index contributed by atoms with van der Waals surface area (Å²) in [4.78, 5) is 24.7. The van der Waals surface area contributed by atoms with Gasteiger partial charge in [0.05, 0.1) is 16.5 Å². The van der Waals surface area contributed by atoms with Gasteiger partial charge in [0.2, 0.25) is 0 Å². The molecule has 0 radical (unpaired) electrons. The molecule has 1 atom stereocenters. The summed E-state index contributed by atoms with van der Waals surface area (Å²) in [6.45, 7) is 0.518. The van der Waals surface area contributed by atoms with Gasteiger partial charge in [0, 0.05) is 13.6 Å². The molecule has 1 unspecified atom stereocenters. The van der Waals surface area contributed by atoms with E-state index >= 15 is 0 Å². The van der Waals surface area contributed by atoms with Crippen molar-refractivity contribution in [1.29, 1.82) is 0 Å². The Morgan fingerprint density at radius 2 is 2.43 bits per heavy atom. The Bertz CT molecular complexity index is 400. The summed E-state index contributed by atoms with van der Waals surface area (Å²) in [6.07, 6.45) is 0.760. The fourth-order valence-corrected chi connectivity index (χ4v) is 2.53. The molecule has 74 valence electrons. The predicted octanol–water partition coefficient (Wildman–Crippen LogP) is 0.520. The zero-order chi connectivity index (χ0) is 10.3. The minimum absolute atomic E-state index is 0.0672. The van der Waals surface area contributed by atoms with E-state index in [1.807, 2.05) is 11.9 Å². The van der Waals surface area contributed by atoms with Gasteiger partial charge in [0.25, 0.3) is 0 Å². The lowest BCUT2D eigenvalue weighted by Gasteiger charge is -2.27. The third kappa shape index (κ3) is 1.25. The molecule has 4 nitrogen and oxygen atoms in total. The van der Waals surface area contributed by atoms with Crippen LogP contribution in [0.1, 0.15) is 20.0 Å². The number of fused-ring (bicyclic) bond motifs is 1. The average molecular weight is 210 g/mol. The van der Waals surface area contributed by atoms with E-state index in [9.17, 15) is 9.59 Å². The third-order valence-electron chi connectivity index (χ3n) is 2.27. The number of nitrogens with two attached hydrogens (primary N) is 1. The largest absolute Gasteiger partial charge is 0.364 e. The second-order valence-corrected chi connectivity index (χ2v) is 4.40. The SMILES string of the molecule is CN1CC(N)C(=O)c2cc(C=O)sc21. The van der Waals surface area contributed by atoms with Crippen LogP contribution in [0.2, 0.25) is 0 Å². The predicted molar refractivity (Wildman–Crippen MR) is 55.3 cm³/mol. The van der Waals surface area contributed by atoms with Gasteiger partial charge in [-0.1, -0.05) is 0 Å². The molecule has 0 aliphatic carbocycles. The highest BCUT2D eigenvalue weighted by Crippen LogP contribution is 2.33. The van der Waals surface area contributed by atoms with Crippen LogP contribution in [0.25, 0.3) is 0 Å². The van der Waals surface area contributed by atoms with Gasteiger partial charge >= 0.3 is 0 Å². The van der Waals surface area contributed by atoms with Crippen molar-refractivity contribution >= 4 is 28.4 Å².